The van der Waals surface area contributed by atoms with Crippen LogP contribution < -0.4 is 0 Å². The molecule has 16 heavy (non-hydrogen) atoms. The Labute approximate surface area is 105 Å². The standard InChI is InChI=1S/C8H5NS2.C4H4S/c1-3-11-8-5(1)7-6(9-8)2-4-10-7;1-2-4-5-3-1/h1-4,9H;1-4H. The van der Waals surface area contributed by atoms with E-state index in [0.717, 1.165) is 0 Å². The number of fused-ring (bicyclic) bond motifs is 3. The van der Waals surface area contributed by atoms with Crippen molar-refractivity contribution in [1.82, 2.24) is 4.98 Å². The molecule has 80 valence electrons. The third-order valence-corrected chi connectivity index (χ3v) is 4.65. The summed E-state index contributed by atoms with van der Waals surface area (Å²) in [6.45, 7) is 0. The number of nitrogens with one attached hydrogen (secondary N) is 1. The van der Waals surface area contributed by atoms with Gasteiger partial charge in [-0.05, 0) is 33.7 Å². The van der Waals surface area contributed by atoms with Crippen LogP contribution in [0.3, 0.4) is 0 Å². The average Bonchev–Trinajstić information content (AvgIpc) is 3.03. The van der Waals surface area contributed by atoms with E-state index in [-0.39, 0.29) is 0 Å². The molecule has 0 unspecified atom stereocenters. The molecule has 0 fully saturated rings. The molecule has 0 atom stereocenters. The molecule has 4 aromatic rings. The van der Waals surface area contributed by atoms with Crippen LogP contribution in [0.2, 0.25) is 0 Å². The first-order chi connectivity index (χ1) is 7.95. The van der Waals surface area contributed by atoms with Crippen molar-refractivity contribution in [3.05, 3.63) is 45.8 Å². The van der Waals surface area contributed by atoms with Crippen LogP contribution in [0.5, 0.6) is 0 Å². The molecule has 1 nitrogen and oxygen atoms in total. The average molecular weight is 263 g/mol. The van der Waals surface area contributed by atoms with Crippen LogP contribution in [0, 0.1) is 0 Å². The summed E-state index contributed by atoms with van der Waals surface area (Å²) in [7, 11) is 0. The van der Waals surface area contributed by atoms with E-state index >= 15 is 0 Å². The first-order valence-corrected chi connectivity index (χ1v) is 7.55. The number of H-pyrrole nitrogens is 1. The molecule has 0 aliphatic heterocycles. The number of hydrogen-bond acceptors (Lipinski definition) is 3. The molecule has 0 radical (unpaired) electrons. The Kier molecular flexibility index (Phi) is 2.78. The predicted octanol–water partition coefficient (Wildman–Crippen LogP) is 5.19. The van der Waals surface area contributed by atoms with Crippen molar-refractivity contribution < 1.29 is 0 Å². The highest BCUT2D eigenvalue weighted by Crippen LogP contribution is 2.32. The van der Waals surface area contributed by atoms with Gasteiger partial charge in [0.1, 0.15) is 4.83 Å². The minimum Gasteiger partial charge on any atom is -0.346 e. The molecule has 0 bridgehead atoms. The van der Waals surface area contributed by atoms with Gasteiger partial charge in [0.05, 0.1) is 10.2 Å². The van der Waals surface area contributed by atoms with Gasteiger partial charge in [0, 0.05) is 5.39 Å². The highest BCUT2D eigenvalue weighted by molar-refractivity contribution is 7.21. The van der Waals surface area contributed by atoms with Crippen LogP contribution in [0.15, 0.2) is 45.8 Å². The summed E-state index contributed by atoms with van der Waals surface area (Å²) >= 11 is 5.29. The summed E-state index contributed by atoms with van der Waals surface area (Å²) in [6.07, 6.45) is 0. The third-order valence-electron chi connectivity index (χ3n) is 2.25. The Morgan fingerprint density at radius 1 is 0.875 bits per heavy atom. The monoisotopic (exact) mass is 263 g/mol. The normalized spacial score (nSPS) is 10.5. The summed E-state index contributed by atoms with van der Waals surface area (Å²) in [5, 5.41) is 9.71. The van der Waals surface area contributed by atoms with Gasteiger partial charge in [-0.3, -0.25) is 0 Å². The van der Waals surface area contributed by atoms with Gasteiger partial charge in [0.2, 0.25) is 0 Å². The first kappa shape index (κ1) is 10.1. The lowest BCUT2D eigenvalue weighted by Gasteiger charge is -1.71. The molecule has 4 heterocycles. The van der Waals surface area contributed by atoms with Gasteiger partial charge in [-0.25, -0.2) is 0 Å². The Hall–Kier alpha value is -1.10. The zero-order valence-corrected chi connectivity index (χ0v) is 10.8. The van der Waals surface area contributed by atoms with Crippen molar-refractivity contribution in [2.75, 3.05) is 0 Å². The number of aromatic nitrogens is 1. The highest BCUT2D eigenvalue weighted by Gasteiger charge is 2.04. The molecule has 1 N–H and O–H groups in total. The Morgan fingerprint density at radius 3 is 2.44 bits per heavy atom. The second-order valence-corrected chi connectivity index (χ2v) is 5.89. The lowest BCUT2D eigenvalue weighted by atomic mass is 10.4. The summed E-state index contributed by atoms with van der Waals surface area (Å²) in [4.78, 5) is 4.66. The maximum atomic E-state index is 3.37. The summed E-state index contributed by atoms with van der Waals surface area (Å²) in [6, 6.07) is 8.34. The van der Waals surface area contributed by atoms with Crippen LogP contribution in [0.25, 0.3) is 20.4 Å². The molecular weight excluding hydrogens is 254 g/mol. The van der Waals surface area contributed by atoms with Crippen LogP contribution in [-0.4, -0.2) is 4.98 Å². The lowest BCUT2D eigenvalue weighted by Crippen LogP contribution is -1.52. The van der Waals surface area contributed by atoms with Gasteiger partial charge >= 0.3 is 0 Å². The van der Waals surface area contributed by atoms with E-state index in [2.05, 4.69) is 27.9 Å². The maximum Gasteiger partial charge on any atom is 0.102 e. The quantitative estimate of drug-likeness (QED) is 0.449. The molecular formula is C12H9NS3. The second-order valence-electron chi connectivity index (χ2n) is 3.24. The molecule has 0 spiro atoms. The maximum absolute atomic E-state index is 3.37. The van der Waals surface area contributed by atoms with Crippen molar-refractivity contribution in [1.29, 1.82) is 0 Å². The molecule has 0 saturated heterocycles. The zero-order valence-electron chi connectivity index (χ0n) is 8.34. The fourth-order valence-corrected chi connectivity index (χ4v) is 3.76. The van der Waals surface area contributed by atoms with E-state index in [0.29, 0.717) is 0 Å². The molecule has 0 amide bonds. The van der Waals surface area contributed by atoms with E-state index in [4.69, 9.17) is 0 Å². The van der Waals surface area contributed by atoms with E-state index in [1.165, 1.54) is 20.4 Å². The Morgan fingerprint density at radius 2 is 1.69 bits per heavy atom. The second kappa shape index (κ2) is 4.41. The van der Waals surface area contributed by atoms with Crippen molar-refractivity contribution in [3.63, 3.8) is 0 Å². The molecule has 4 rings (SSSR count). The number of aromatic amines is 1. The van der Waals surface area contributed by atoms with Crippen LogP contribution in [-0.2, 0) is 0 Å². The van der Waals surface area contributed by atoms with Gasteiger partial charge in [-0.2, -0.15) is 11.3 Å². The fraction of sp³-hybridized carbons (Fsp3) is 0. The van der Waals surface area contributed by atoms with Crippen molar-refractivity contribution in [2.45, 2.75) is 0 Å². The summed E-state index contributed by atoms with van der Waals surface area (Å²) < 4.78 is 1.39. The third kappa shape index (κ3) is 1.80. The van der Waals surface area contributed by atoms with E-state index in [1.54, 1.807) is 34.0 Å². The van der Waals surface area contributed by atoms with E-state index in [9.17, 15) is 0 Å². The molecule has 4 aromatic heterocycles. The van der Waals surface area contributed by atoms with Crippen molar-refractivity contribution in [2.24, 2.45) is 0 Å². The Bertz CT molecular complexity index is 607. The molecule has 0 aromatic carbocycles. The van der Waals surface area contributed by atoms with Gasteiger partial charge in [0.25, 0.3) is 0 Å². The van der Waals surface area contributed by atoms with Crippen molar-refractivity contribution in [3.8, 4) is 0 Å². The zero-order chi connectivity index (χ0) is 10.8. The van der Waals surface area contributed by atoms with Crippen LogP contribution in [0.1, 0.15) is 0 Å². The van der Waals surface area contributed by atoms with Crippen LogP contribution >= 0.6 is 34.0 Å². The largest absolute Gasteiger partial charge is 0.346 e. The molecule has 0 aliphatic rings. The number of hydrogen-bond donors (Lipinski definition) is 1. The summed E-state index contributed by atoms with van der Waals surface area (Å²) in [5.41, 5.74) is 1.27. The Balaban J connectivity index is 0.000000137. The minimum absolute atomic E-state index is 1.27. The SMILES string of the molecule is c1cc2c([nH]c3ccsc32)s1.c1ccsc1. The number of rotatable bonds is 0. The smallest absolute Gasteiger partial charge is 0.102 e. The molecule has 4 heteroatoms. The lowest BCUT2D eigenvalue weighted by molar-refractivity contribution is 1.60. The molecule has 0 aliphatic carbocycles. The summed E-state index contributed by atoms with van der Waals surface area (Å²) in [5.74, 6) is 0. The molecule has 0 saturated carbocycles. The van der Waals surface area contributed by atoms with Crippen LogP contribution in [0.4, 0.5) is 0 Å². The number of thiophene rings is 3. The van der Waals surface area contributed by atoms with Gasteiger partial charge in [-0.1, -0.05) is 12.1 Å². The van der Waals surface area contributed by atoms with Gasteiger partial charge in [-0.15, -0.1) is 22.7 Å². The topological polar surface area (TPSA) is 15.8 Å². The van der Waals surface area contributed by atoms with E-state index in [1.807, 2.05) is 22.9 Å². The van der Waals surface area contributed by atoms with Gasteiger partial charge < -0.3 is 4.98 Å². The van der Waals surface area contributed by atoms with E-state index < -0.39 is 0 Å². The first-order valence-electron chi connectivity index (χ1n) is 4.85. The highest BCUT2D eigenvalue weighted by atomic mass is 32.1. The fourth-order valence-electron chi connectivity index (χ4n) is 1.55. The predicted molar refractivity (Wildman–Crippen MR) is 75.9 cm³/mol. The van der Waals surface area contributed by atoms with Crippen molar-refractivity contribution >= 4 is 54.4 Å². The van der Waals surface area contributed by atoms with Gasteiger partial charge in [0.15, 0.2) is 0 Å². The minimum atomic E-state index is 1.27.